The van der Waals surface area contributed by atoms with Crippen molar-refractivity contribution in [1.29, 1.82) is 0 Å². The normalized spacial score (nSPS) is 36.8. The molecule has 0 saturated heterocycles. The van der Waals surface area contributed by atoms with Gasteiger partial charge in [-0.05, 0) is 50.2 Å². The fourth-order valence-corrected chi connectivity index (χ4v) is 3.95. The van der Waals surface area contributed by atoms with E-state index >= 15 is 0 Å². The Morgan fingerprint density at radius 3 is 2.33 bits per heavy atom. The monoisotopic (exact) mass is 224 g/mol. The lowest BCUT2D eigenvalue weighted by atomic mass is 9.73. The van der Waals surface area contributed by atoms with Gasteiger partial charge in [-0.1, -0.05) is 13.8 Å². The number of aryl methyl sites for hydroxylation is 1. The van der Waals surface area contributed by atoms with Gasteiger partial charge in [0.15, 0.2) is 0 Å². The molecule has 1 N–H and O–H groups in total. The Balaban J connectivity index is 2.25. The quantitative estimate of drug-likeness (QED) is 0.771. The Labute approximate surface area is 96.1 Å². The Hall–Kier alpha value is -0.340. The zero-order valence-electron chi connectivity index (χ0n) is 9.79. The molecule has 0 aromatic carbocycles. The maximum atomic E-state index is 10.7. The van der Waals surface area contributed by atoms with Crippen LogP contribution in [0.5, 0.6) is 0 Å². The van der Waals surface area contributed by atoms with Gasteiger partial charge in [-0.2, -0.15) is 0 Å². The molecule has 1 nitrogen and oxygen atoms in total. The van der Waals surface area contributed by atoms with Gasteiger partial charge in [0.25, 0.3) is 0 Å². The van der Waals surface area contributed by atoms with Crippen molar-refractivity contribution >= 4 is 11.3 Å². The van der Waals surface area contributed by atoms with E-state index in [1.165, 1.54) is 16.2 Å². The smallest absolute Gasteiger partial charge is 0.0993 e. The second kappa shape index (κ2) is 3.91. The topological polar surface area (TPSA) is 20.2 Å². The van der Waals surface area contributed by atoms with Gasteiger partial charge in [0, 0.05) is 9.75 Å². The first-order valence-electron chi connectivity index (χ1n) is 5.79. The first-order chi connectivity index (χ1) is 6.99. The highest BCUT2D eigenvalue weighted by atomic mass is 32.1. The van der Waals surface area contributed by atoms with Crippen molar-refractivity contribution in [3.8, 4) is 0 Å². The van der Waals surface area contributed by atoms with Gasteiger partial charge in [-0.25, -0.2) is 0 Å². The maximum Gasteiger partial charge on any atom is 0.0993 e. The summed E-state index contributed by atoms with van der Waals surface area (Å²) in [7, 11) is 0. The molecular weight excluding hydrogens is 204 g/mol. The summed E-state index contributed by atoms with van der Waals surface area (Å²) >= 11 is 1.75. The standard InChI is InChI=1S/C13H20OS/c1-9-6-10(2)8-13(14,7-9)12-5-4-11(3)15-12/h4-5,9-10,14H,6-8H2,1-3H3. The lowest BCUT2D eigenvalue weighted by Gasteiger charge is -2.38. The maximum absolute atomic E-state index is 10.7. The van der Waals surface area contributed by atoms with E-state index in [0.717, 1.165) is 12.8 Å². The van der Waals surface area contributed by atoms with E-state index in [4.69, 9.17) is 0 Å². The van der Waals surface area contributed by atoms with Crippen LogP contribution in [0.1, 0.15) is 42.9 Å². The van der Waals surface area contributed by atoms with Gasteiger partial charge in [0.05, 0.1) is 5.60 Å². The summed E-state index contributed by atoms with van der Waals surface area (Å²) in [5, 5.41) is 10.7. The molecule has 1 aliphatic rings. The summed E-state index contributed by atoms with van der Waals surface area (Å²) in [5.41, 5.74) is -0.546. The molecule has 2 atom stereocenters. The molecule has 0 aliphatic heterocycles. The second-order valence-electron chi connectivity index (χ2n) is 5.30. The number of hydrogen-bond acceptors (Lipinski definition) is 2. The van der Waals surface area contributed by atoms with Gasteiger partial charge >= 0.3 is 0 Å². The van der Waals surface area contributed by atoms with Crippen molar-refractivity contribution in [3.05, 3.63) is 21.9 Å². The van der Waals surface area contributed by atoms with Crippen molar-refractivity contribution in [2.24, 2.45) is 11.8 Å². The summed E-state index contributed by atoms with van der Waals surface area (Å²) in [6.45, 7) is 6.61. The number of thiophene rings is 1. The highest BCUT2D eigenvalue weighted by Gasteiger charge is 2.38. The first-order valence-corrected chi connectivity index (χ1v) is 6.60. The van der Waals surface area contributed by atoms with Crippen molar-refractivity contribution in [1.82, 2.24) is 0 Å². The van der Waals surface area contributed by atoms with Crippen LogP contribution < -0.4 is 0 Å². The van der Waals surface area contributed by atoms with E-state index in [9.17, 15) is 5.11 Å². The molecule has 1 aromatic rings. The molecule has 1 saturated carbocycles. The number of hydrogen-bond donors (Lipinski definition) is 1. The van der Waals surface area contributed by atoms with Gasteiger partial charge in [0.1, 0.15) is 0 Å². The van der Waals surface area contributed by atoms with Crippen LogP contribution in [0.15, 0.2) is 12.1 Å². The van der Waals surface area contributed by atoms with Crippen molar-refractivity contribution < 1.29 is 5.11 Å². The first kappa shape index (κ1) is 11.2. The largest absolute Gasteiger partial charge is 0.384 e. The number of rotatable bonds is 1. The molecular formula is C13H20OS. The molecule has 1 aromatic heterocycles. The van der Waals surface area contributed by atoms with E-state index in [2.05, 4.69) is 32.9 Å². The van der Waals surface area contributed by atoms with Crippen LogP contribution in [-0.4, -0.2) is 5.11 Å². The van der Waals surface area contributed by atoms with Crippen molar-refractivity contribution in [2.75, 3.05) is 0 Å². The molecule has 1 heterocycles. The molecule has 2 unspecified atom stereocenters. The minimum Gasteiger partial charge on any atom is -0.384 e. The van der Waals surface area contributed by atoms with Crippen molar-refractivity contribution in [2.45, 2.75) is 45.6 Å². The second-order valence-corrected chi connectivity index (χ2v) is 6.58. The van der Waals surface area contributed by atoms with Crippen LogP contribution in [0.25, 0.3) is 0 Å². The van der Waals surface area contributed by atoms with E-state index in [0.29, 0.717) is 11.8 Å². The highest BCUT2D eigenvalue weighted by molar-refractivity contribution is 7.12. The third kappa shape index (κ3) is 2.26. The molecule has 2 heteroatoms. The fraction of sp³-hybridized carbons (Fsp3) is 0.692. The lowest BCUT2D eigenvalue weighted by molar-refractivity contribution is -0.0332. The Morgan fingerprint density at radius 2 is 1.87 bits per heavy atom. The summed E-state index contributed by atoms with van der Waals surface area (Å²) in [6, 6.07) is 4.21. The van der Waals surface area contributed by atoms with E-state index < -0.39 is 5.60 Å². The number of aliphatic hydroxyl groups is 1. The molecule has 0 amide bonds. The molecule has 2 rings (SSSR count). The Bertz CT molecular complexity index is 332. The molecule has 0 spiro atoms. The average Bonchev–Trinajstić information content (AvgIpc) is 2.49. The summed E-state index contributed by atoms with van der Waals surface area (Å²) in [5.74, 6) is 1.28. The summed E-state index contributed by atoms with van der Waals surface area (Å²) in [6.07, 6.45) is 3.11. The lowest BCUT2D eigenvalue weighted by Crippen LogP contribution is -2.34. The van der Waals surface area contributed by atoms with Crippen LogP contribution in [-0.2, 0) is 5.60 Å². The average molecular weight is 224 g/mol. The Morgan fingerprint density at radius 1 is 1.27 bits per heavy atom. The summed E-state index contributed by atoms with van der Waals surface area (Å²) in [4.78, 5) is 2.46. The third-order valence-electron chi connectivity index (χ3n) is 3.38. The molecule has 15 heavy (non-hydrogen) atoms. The fourth-order valence-electron chi connectivity index (χ4n) is 2.98. The molecule has 1 aliphatic carbocycles. The van der Waals surface area contributed by atoms with E-state index in [-0.39, 0.29) is 0 Å². The van der Waals surface area contributed by atoms with Gasteiger partial charge in [-0.15, -0.1) is 11.3 Å². The van der Waals surface area contributed by atoms with Crippen LogP contribution in [0.4, 0.5) is 0 Å². The van der Waals surface area contributed by atoms with Crippen LogP contribution in [0.3, 0.4) is 0 Å². The van der Waals surface area contributed by atoms with Gasteiger partial charge in [0.2, 0.25) is 0 Å². The van der Waals surface area contributed by atoms with Crippen LogP contribution in [0, 0.1) is 18.8 Å². The Kier molecular flexibility index (Phi) is 2.91. The third-order valence-corrected chi connectivity index (χ3v) is 4.57. The van der Waals surface area contributed by atoms with Gasteiger partial charge in [-0.3, -0.25) is 0 Å². The predicted octanol–water partition coefficient (Wildman–Crippen LogP) is 3.70. The molecule has 1 fully saturated rings. The predicted molar refractivity (Wildman–Crippen MR) is 65.1 cm³/mol. The zero-order valence-corrected chi connectivity index (χ0v) is 10.6. The van der Waals surface area contributed by atoms with Crippen molar-refractivity contribution in [3.63, 3.8) is 0 Å². The SMILES string of the molecule is Cc1ccc(C2(O)CC(C)CC(C)C2)s1. The zero-order chi connectivity index (χ0) is 11.1. The molecule has 84 valence electrons. The summed E-state index contributed by atoms with van der Waals surface area (Å²) < 4.78 is 0. The van der Waals surface area contributed by atoms with E-state index in [1.54, 1.807) is 11.3 Å². The van der Waals surface area contributed by atoms with Crippen LogP contribution in [0.2, 0.25) is 0 Å². The van der Waals surface area contributed by atoms with Gasteiger partial charge < -0.3 is 5.11 Å². The van der Waals surface area contributed by atoms with E-state index in [1.807, 2.05) is 0 Å². The highest BCUT2D eigenvalue weighted by Crippen LogP contribution is 2.44. The van der Waals surface area contributed by atoms with Crippen LogP contribution >= 0.6 is 11.3 Å². The molecule has 0 bridgehead atoms. The molecule has 0 radical (unpaired) electrons. The minimum absolute atomic E-state index is 0.546. The minimum atomic E-state index is -0.546.